The van der Waals surface area contributed by atoms with Gasteiger partial charge in [0.05, 0.1) is 23.4 Å². The van der Waals surface area contributed by atoms with Crippen LogP contribution in [0, 0.1) is 0 Å². The maximum Gasteiger partial charge on any atom is 0.350 e. The third kappa shape index (κ3) is 7.01. The van der Waals surface area contributed by atoms with Crippen molar-refractivity contribution in [1.29, 1.82) is 0 Å². The maximum absolute atomic E-state index is 12.2. The molecule has 0 fully saturated rings. The Labute approximate surface area is 183 Å². The SMILES string of the molecule is CC.CC.C\C=C/C=C(\C=C/C)c1nc(SC)nc2sc(C(=O)OCC)c(N)c12. The number of aromatic nitrogens is 2. The number of ether oxygens (including phenoxy) is 1. The first-order chi connectivity index (χ1) is 14.1. The molecule has 2 aromatic heterocycles. The number of esters is 1. The third-order valence-corrected chi connectivity index (χ3v) is 4.93. The first kappa shape index (κ1) is 26.9. The number of nitrogen functional groups attached to an aromatic ring is 1. The van der Waals surface area contributed by atoms with Crippen LogP contribution in [0.2, 0.25) is 0 Å². The van der Waals surface area contributed by atoms with Crippen molar-refractivity contribution in [3.05, 3.63) is 41.0 Å². The number of allylic oxidation sites excluding steroid dienone is 6. The summed E-state index contributed by atoms with van der Waals surface area (Å²) in [5.74, 6) is -0.426. The zero-order chi connectivity index (χ0) is 22.4. The number of fused-ring (bicyclic) bond motifs is 1. The number of carbonyl (C=O) groups excluding carboxylic acids is 1. The van der Waals surface area contributed by atoms with Crippen molar-refractivity contribution in [3.63, 3.8) is 0 Å². The molecular weight excluding hydrogens is 402 g/mol. The average molecular weight is 436 g/mol. The molecule has 0 atom stereocenters. The lowest BCUT2D eigenvalue weighted by Gasteiger charge is -2.07. The Morgan fingerprint density at radius 3 is 2.34 bits per heavy atom. The smallest absolute Gasteiger partial charge is 0.350 e. The Bertz CT molecular complexity index is 869. The van der Waals surface area contributed by atoms with Crippen LogP contribution in [0.4, 0.5) is 5.69 Å². The number of rotatable bonds is 6. The molecule has 2 N–H and O–H groups in total. The van der Waals surface area contributed by atoms with Crippen molar-refractivity contribution in [2.75, 3.05) is 18.6 Å². The molecule has 0 bridgehead atoms. The first-order valence-electron chi connectivity index (χ1n) is 9.84. The number of hydrogen-bond acceptors (Lipinski definition) is 7. The minimum absolute atomic E-state index is 0.298. The second-order valence-corrected chi connectivity index (χ2v) is 6.72. The zero-order valence-electron chi connectivity index (χ0n) is 18.7. The Hall–Kier alpha value is -2.12. The summed E-state index contributed by atoms with van der Waals surface area (Å²) in [5.41, 5.74) is 8.27. The van der Waals surface area contributed by atoms with Gasteiger partial charge in [0, 0.05) is 5.57 Å². The molecule has 160 valence electrons. The van der Waals surface area contributed by atoms with Crippen LogP contribution in [0.15, 0.2) is 35.5 Å². The van der Waals surface area contributed by atoms with Gasteiger partial charge >= 0.3 is 5.97 Å². The summed E-state index contributed by atoms with van der Waals surface area (Å²) in [6.45, 7) is 14.0. The van der Waals surface area contributed by atoms with Crippen LogP contribution >= 0.6 is 23.1 Å². The van der Waals surface area contributed by atoms with Crippen LogP contribution in [0.1, 0.15) is 63.8 Å². The standard InChI is InChI=1S/C18H21N3O2S2.2C2H6/c1-5-8-10-11(9-6-2)14-12-13(19)15(17(22)23-7-3)25-16(12)21-18(20-14)24-4;2*1-2/h5-6,8-10H,7,19H2,1-4H3;2*1-2H3/b8-5-,9-6-,11-10+;;. The lowest BCUT2D eigenvalue weighted by molar-refractivity contribution is 0.0533. The summed E-state index contributed by atoms with van der Waals surface area (Å²) in [6, 6.07) is 0. The molecule has 0 amide bonds. The molecule has 5 nitrogen and oxygen atoms in total. The minimum Gasteiger partial charge on any atom is -0.462 e. The van der Waals surface area contributed by atoms with Crippen molar-refractivity contribution in [2.24, 2.45) is 0 Å². The summed E-state index contributed by atoms with van der Waals surface area (Å²) >= 11 is 2.69. The second-order valence-electron chi connectivity index (χ2n) is 4.95. The van der Waals surface area contributed by atoms with Gasteiger partial charge in [-0.2, -0.15) is 0 Å². The summed E-state index contributed by atoms with van der Waals surface area (Å²) in [7, 11) is 0. The van der Waals surface area contributed by atoms with E-state index in [-0.39, 0.29) is 0 Å². The predicted molar refractivity (Wildman–Crippen MR) is 130 cm³/mol. The number of nitrogens with zero attached hydrogens (tertiary/aromatic N) is 2. The molecule has 2 aromatic rings. The zero-order valence-corrected chi connectivity index (χ0v) is 20.3. The number of carbonyl (C=O) groups is 1. The highest BCUT2D eigenvalue weighted by Gasteiger charge is 2.23. The molecule has 0 aliphatic rings. The molecule has 2 rings (SSSR count). The molecule has 0 aliphatic heterocycles. The van der Waals surface area contributed by atoms with E-state index in [9.17, 15) is 4.79 Å². The van der Waals surface area contributed by atoms with E-state index in [2.05, 4.69) is 9.97 Å². The van der Waals surface area contributed by atoms with Crippen LogP contribution < -0.4 is 5.73 Å². The van der Waals surface area contributed by atoms with E-state index in [0.29, 0.717) is 32.5 Å². The molecular formula is C22H33N3O2S2. The molecule has 0 saturated heterocycles. The molecule has 0 aromatic carbocycles. The van der Waals surface area contributed by atoms with Gasteiger partial charge in [-0.1, -0.05) is 69.8 Å². The molecule has 0 aliphatic carbocycles. The summed E-state index contributed by atoms with van der Waals surface area (Å²) in [6.07, 6.45) is 11.7. The van der Waals surface area contributed by atoms with Gasteiger partial charge in [0.15, 0.2) is 5.16 Å². The molecule has 0 saturated carbocycles. The van der Waals surface area contributed by atoms with E-state index >= 15 is 0 Å². The number of hydrogen-bond donors (Lipinski definition) is 1. The van der Waals surface area contributed by atoms with Gasteiger partial charge in [0.2, 0.25) is 0 Å². The second kappa shape index (κ2) is 14.8. The number of anilines is 1. The molecule has 0 radical (unpaired) electrons. The quantitative estimate of drug-likeness (QED) is 0.234. The van der Waals surface area contributed by atoms with E-state index in [1.54, 1.807) is 6.92 Å². The summed E-state index contributed by atoms with van der Waals surface area (Å²) in [5, 5.41) is 1.33. The van der Waals surface area contributed by atoms with Gasteiger partial charge in [-0.15, -0.1) is 11.3 Å². The third-order valence-electron chi connectivity index (χ3n) is 3.30. The topological polar surface area (TPSA) is 78.1 Å². The van der Waals surface area contributed by atoms with Gasteiger partial charge < -0.3 is 10.5 Å². The molecule has 2 heterocycles. The van der Waals surface area contributed by atoms with Crippen LogP contribution in [0.5, 0.6) is 0 Å². The highest BCUT2D eigenvalue weighted by Crippen LogP contribution is 2.38. The molecule has 29 heavy (non-hydrogen) atoms. The fourth-order valence-corrected chi connectivity index (χ4v) is 3.66. The van der Waals surface area contributed by atoms with E-state index < -0.39 is 5.97 Å². The fraction of sp³-hybridized carbons (Fsp3) is 0.409. The van der Waals surface area contributed by atoms with Gasteiger partial charge in [-0.3, -0.25) is 0 Å². The lowest BCUT2D eigenvalue weighted by atomic mass is 10.1. The Balaban J connectivity index is 0.00000184. The number of thioether (sulfide) groups is 1. The summed E-state index contributed by atoms with van der Waals surface area (Å²) < 4.78 is 5.11. The van der Waals surface area contributed by atoms with Crippen molar-refractivity contribution in [2.45, 2.75) is 53.6 Å². The largest absolute Gasteiger partial charge is 0.462 e. The number of thiophene rings is 1. The Morgan fingerprint density at radius 1 is 1.17 bits per heavy atom. The van der Waals surface area contributed by atoms with Crippen LogP contribution in [-0.4, -0.2) is 28.8 Å². The average Bonchev–Trinajstić information content (AvgIpc) is 3.10. The van der Waals surface area contributed by atoms with Crippen molar-refractivity contribution in [3.8, 4) is 0 Å². The van der Waals surface area contributed by atoms with Crippen LogP contribution in [0.3, 0.4) is 0 Å². The van der Waals surface area contributed by atoms with Crippen molar-refractivity contribution < 1.29 is 9.53 Å². The predicted octanol–water partition coefficient (Wildman–Crippen LogP) is 6.76. The highest BCUT2D eigenvalue weighted by atomic mass is 32.2. The van der Waals surface area contributed by atoms with Gasteiger partial charge in [0.25, 0.3) is 0 Å². The van der Waals surface area contributed by atoms with E-state index in [0.717, 1.165) is 11.3 Å². The van der Waals surface area contributed by atoms with Crippen LogP contribution in [0.25, 0.3) is 15.8 Å². The Morgan fingerprint density at radius 2 is 1.83 bits per heavy atom. The maximum atomic E-state index is 12.2. The fourth-order valence-electron chi connectivity index (χ4n) is 2.24. The van der Waals surface area contributed by atoms with E-state index in [1.165, 1.54) is 23.1 Å². The highest BCUT2D eigenvalue weighted by molar-refractivity contribution is 7.98. The monoisotopic (exact) mass is 435 g/mol. The molecule has 7 heteroatoms. The normalized spacial score (nSPS) is 11.2. The first-order valence-corrected chi connectivity index (χ1v) is 11.9. The Kier molecular flexibility index (Phi) is 13.7. The van der Waals surface area contributed by atoms with Gasteiger partial charge in [-0.05, 0) is 27.0 Å². The number of nitrogens with two attached hydrogens (primary N) is 1. The minimum atomic E-state index is -0.426. The van der Waals surface area contributed by atoms with Gasteiger partial charge in [0.1, 0.15) is 9.71 Å². The van der Waals surface area contributed by atoms with E-state index in [4.69, 9.17) is 10.5 Å². The van der Waals surface area contributed by atoms with Crippen molar-refractivity contribution >= 4 is 50.5 Å². The summed E-state index contributed by atoms with van der Waals surface area (Å²) in [4.78, 5) is 22.4. The molecule has 0 spiro atoms. The van der Waals surface area contributed by atoms with Crippen LogP contribution in [-0.2, 0) is 4.74 Å². The molecule has 0 unspecified atom stereocenters. The lowest BCUT2D eigenvalue weighted by Crippen LogP contribution is -2.05. The van der Waals surface area contributed by atoms with Crippen molar-refractivity contribution in [1.82, 2.24) is 9.97 Å². The van der Waals surface area contributed by atoms with E-state index in [1.807, 2.05) is 78.2 Å². The van der Waals surface area contributed by atoms with Gasteiger partial charge in [-0.25, -0.2) is 14.8 Å².